The van der Waals surface area contributed by atoms with E-state index in [4.69, 9.17) is 0 Å². The molecular weight excluding hydrogens is 374 g/mol. The van der Waals surface area contributed by atoms with E-state index in [1.165, 1.54) is 43.3 Å². The van der Waals surface area contributed by atoms with Gasteiger partial charge in [0.2, 0.25) is 5.91 Å². The van der Waals surface area contributed by atoms with E-state index in [2.05, 4.69) is 33.4 Å². The fourth-order valence-corrected chi connectivity index (χ4v) is 5.15. The van der Waals surface area contributed by atoms with Crippen molar-refractivity contribution in [1.29, 1.82) is 0 Å². The third kappa shape index (κ3) is 5.09. The van der Waals surface area contributed by atoms with Crippen molar-refractivity contribution in [2.24, 2.45) is 0 Å². The zero-order valence-electron chi connectivity index (χ0n) is 15.2. The number of carbonyl (C=O) groups is 1. The van der Waals surface area contributed by atoms with Crippen molar-refractivity contribution in [2.75, 3.05) is 30.7 Å². The maximum atomic E-state index is 12.2. The number of para-hydroxylation sites is 1. The largest absolute Gasteiger partial charge is 0.325 e. The van der Waals surface area contributed by atoms with Crippen LogP contribution in [0.15, 0.2) is 52.9 Å². The minimum Gasteiger partial charge on any atom is -0.325 e. The molecule has 2 aromatic carbocycles. The number of nitrogens with one attached hydrogen (secondary N) is 1. The Hall–Kier alpha value is -1.89. The smallest absolute Gasteiger partial charge is 0.234 e. The third-order valence-corrected chi connectivity index (χ3v) is 6.93. The number of rotatable bonds is 7. The predicted octanol–water partition coefficient (Wildman–Crippen LogP) is 4.67. The Morgan fingerprint density at radius 3 is 2.67 bits per heavy atom. The minimum atomic E-state index is 0.00377. The lowest BCUT2D eigenvalue weighted by molar-refractivity contribution is -0.113. The Balaban J connectivity index is 1.24. The molecule has 0 unspecified atom stereocenters. The molecule has 2 heterocycles. The highest BCUT2D eigenvalue weighted by Gasteiger charge is 2.11. The minimum absolute atomic E-state index is 0.00377. The number of anilines is 1. The molecule has 3 aromatic rings. The lowest BCUT2D eigenvalue weighted by Crippen LogP contribution is -2.21. The van der Waals surface area contributed by atoms with E-state index >= 15 is 0 Å². The highest BCUT2D eigenvalue weighted by molar-refractivity contribution is 8.01. The molecule has 0 saturated carbocycles. The summed E-state index contributed by atoms with van der Waals surface area (Å²) in [6, 6.07) is 16.3. The zero-order chi connectivity index (χ0) is 18.5. The number of thiazole rings is 1. The number of carbonyl (C=O) groups excluding carboxylic acids is 1. The van der Waals surface area contributed by atoms with Crippen molar-refractivity contribution >= 4 is 44.9 Å². The molecule has 0 spiro atoms. The monoisotopic (exact) mass is 397 g/mol. The average molecular weight is 398 g/mol. The lowest BCUT2D eigenvalue weighted by Gasteiger charge is -2.14. The normalized spacial score (nSPS) is 14.7. The van der Waals surface area contributed by atoms with E-state index in [9.17, 15) is 4.79 Å². The van der Waals surface area contributed by atoms with Gasteiger partial charge in [0.25, 0.3) is 0 Å². The summed E-state index contributed by atoms with van der Waals surface area (Å²) in [6.45, 7) is 3.60. The van der Waals surface area contributed by atoms with Crippen LogP contribution in [0.3, 0.4) is 0 Å². The first-order valence-corrected chi connectivity index (χ1v) is 11.2. The van der Waals surface area contributed by atoms with Crippen molar-refractivity contribution in [2.45, 2.75) is 23.6 Å². The molecule has 1 aliphatic rings. The number of thioether (sulfide) groups is 1. The van der Waals surface area contributed by atoms with Gasteiger partial charge in [0.15, 0.2) is 4.34 Å². The summed E-state index contributed by atoms with van der Waals surface area (Å²) in [6.07, 6.45) is 3.74. The summed E-state index contributed by atoms with van der Waals surface area (Å²) in [4.78, 5) is 19.3. The number of hydrogen-bond acceptors (Lipinski definition) is 5. The third-order valence-electron chi connectivity index (χ3n) is 4.75. The molecule has 0 bridgehead atoms. The van der Waals surface area contributed by atoms with Gasteiger partial charge in [-0.15, -0.1) is 11.3 Å². The Labute approximate surface area is 168 Å². The molecule has 140 valence electrons. The molecule has 1 saturated heterocycles. The summed E-state index contributed by atoms with van der Waals surface area (Å²) in [5, 5.41) is 2.98. The van der Waals surface area contributed by atoms with E-state index in [1.807, 2.05) is 30.3 Å². The van der Waals surface area contributed by atoms with Gasteiger partial charge < -0.3 is 10.2 Å². The number of aromatic nitrogens is 1. The van der Waals surface area contributed by atoms with Gasteiger partial charge in [-0.2, -0.15) is 0 Å². The van der Waals surface area contributed by atoms with Gasteiger partial charge in [-0.3, -0.25) is 4.79 Å². The quantitative estimate of drug-likeness (QED) is 0.589. The van der Waals surface area contributed by atoms with Crippen LogP contribution >= 0.6 is 23.1 Å². The van der Waals surface area contributed by atoms with Crippen LogP contribution in [0, 0.1) is 0 Å². The van der Waals surface area contributed by atoms with E-state index in [1.54, 1.807) is 11.3 Å². The second-order valence-corrected chi connectivity index (χ2v) is 9.03. The molecule has 1 aromatic heterocycles. The fraction of sp³-hybridized carbons (Fsp3) is 0.333. The van der Waals surface area contributed by atoms with Crippen LogP contribution in [0.4, 0.5) is 5.69 Å². The molecule has 1 fully saturated rings. The van der Waals surface area contributed by atoms with Crippen molar-refractivity contribution < 1.29 is 4.79 Å². The first-order chi connectivity index (χ1) is 13.3. The SMILES string of the molecule is O=C(CSc1nc2ccccc2s1)Nc1ccc(CCN2CCCC2)cc1. The highest BCUT2D eigenvalue weighted by atomic mass is 32.2. The van der Waals surface area contributed by atoms with Crippen LogP contribution in [0.1, 0.15) is 18.4 Å². The molecular formula is C21H23N3OS2. The molecule has 0 atom stereocenters. The predicted molar refractivity (Wildman–Crippen MR) is 115 cm³/mol. The van der Waals surface area contributed by atoms with Crippen LogP contribution in [0.2, 0.25) is 0 Å². The molecule has 0 aliphatic carbocycles. The van der Waals surface area contributed by atoms with Gasteiger partial charge in [-0.25, -0.2) is 4.98 Å². The van der Waals surface area contributed by atoms with Gasteiger partial charge in [-0.05, 0) is 62.2 Å². The van der Waals surface area contributed by atoms with Crippen molar-refractivity contribution in [1.82, 2.24) is 9.88 Å². The van der Waals surface area contributed by atoms with Gasteiger partial charge in [-0.1, -0.05) is 36.0 Å². The Kier molecular flexibility index (Phi) is 6.07. The first kappa shape index (κ1) is 18.5. The maximum absolute atomic E-state index is 12.2. The van der Waals surface area contributed by atoms with Crippen LogP contribution in [-0.2, 0) is 11.2 Å². The molecule has 1 aliphatic heterocycles. The van der Waals surface area contributed by atoms with E-state index in [-0.39, 0.29) is 5.91 Å². The number of nitrogens with zero attached hydrogens (tertiary/aromatic N) is 2. The first-order valence-electron chi connectivity index (χ1n) is 9.36. The summed E-state index contributed by atoms with van der Waals surface area (Å²) in [7, 11) is 0. The van der Waals surface area contributed by atoms with Crippen LogP contribution < -0.4 is 5.32 Å². The molecule has 0 radical (unpaired) electrons. The zero-order valence-corrected chi connectivity index (χ0v) is 16.8. The summed E-state index contributed by atoms with van der Waals surface area (Å²) in [5.41, 5.74) is 3.17. The number of hydrogen-bond donors (Lipinski definition) is 1. The van der Waals surface area contributed by atoms with Crippen molar-refractivity contribution in [3.63, 3.8) is 0 Å². The number of likely N-dealkylation sites (tertiary alicyclic amines) is 1. The van der Waals surface area contributed by atoms with Crippen molar-refractivity contribution in [3.8, 4) is 0 Å². The number of benzene rings is 2. The highest BCUT2D eigenvalue weighted by Crippen LogP contribution is 2.29. The Morgan fingerprint density at radius 1 is 1.11 bits per heavy atom. The topological polar surface area (TPSA) is 45.2 Å². The summed E-state index contributed by atoms with van der Waals surface area (Å²) in [5.74, 6) is 0.375. The Morgan fingerprint density at radius 2 is 1.89 bits per heavy atom. The van der Waals surface area contributed by atoms with Crippen LogP contribution in [0.5, 0.6) is 0 Å². The standard InChI is InChI=1S/C21H23N3OS2/c25-20(15-26-21-23-18-5-1-2-6-19(18)27-21)22-17-9-7-16(8-10-17)11-14-24-12-3-4-13-24/h1-2,5-10H,3-4,11-15H2,(H,22,25). The second-order valence-electron chi connectivity index (χ2n) is 6.78. The van der Waals surface area contributed by atoms with E-state index in [0.29, 0.717) is 5.75 Å². The van der Waals surface area contributed by atoms with Gasteiger partial charge in [0.05, 0.1) is 16.0 Å². The number of amides is 1. The lowest BCUT2D eigenvalue weighted by atomic mass is 10.1. The van der Waals surface area contributed by atoms with Crippen LogP contribution in [-0.4, -0.2) is 41.2 Å². The molecule has 4 nitrogen and oxygen atoms in total. The summed E-state index contributed by atoms with van der Waals surface area (Å²) < 4.78 is 2.09. The van der Waals surface area contributed by atoms with Gasteiger partial charge >= 0.3 is 0 Å². The Bertz CT molecular complexity index is 868. The van der Waals surface area contributed by atoms with Crippen LogP contribution in [0.25, 0.3) is 10.2 Å². The fourth-order valence-electron chi connectivity index (χ4n) is 3.29. The van der Waals surface area contributed by atoms with E-state index < -0.39 is 0 Å². The summed E-state index contributed by atoms with van der Waals surface area (Å²) >= 11 is 3.12. The molecule has 27 heavy (non-hydrogen) atoms. The van der Waals surface area contributed by atoms with Gasteiger partial charge in [0, 0.05) is 12.2 Å². The van der Waals surface area contributed by atoms with Crippen molar-refractivity contribution in [3.05, 3.63) is 54.1 Å². The molecule has 1 amide bonds. The number of fused-ring (bicyclic) bond motifs is 1. The van der Waals surface area contributed by atoms with E-state index in [0.717, 1.165) is 33.2 Å². The molecule has 4 rings (SSSR count). The maximum Gasteiger partial charge on any atom is 0.234 e. The molecule has 6 heteroatoms. The average Bonchev–Trinajstić information content (AvgIpc) is 3.35. The molecule has 1 N–H and O–H groups in total. The second kappa shape index (κ2) is 8.87. The van der Waals surface area contributed by atoms with Gasteiger partial charge in [0.1, 0.15) is 0 Å².